The highest BCUT2D eigenvalue weighted by atomic mass is 31.2. The van der Waals surface area contributed by atoms with E-state index in [-0.39, 0.29) is 5.75 Å². The second-order valence-corrected chi connectivity index (χ2v) is 6.02. The summed E-state index contributed by atoms with van der Waals surface area (Å²) in [7, 11) is -4.56. The van der Waals surface area contributed by atoms with Gasteiger partial charge in [-0.15, -0.1) is 0 Å². The Morgan fingerprint density at radius 3 is 2.62 bits per heavy atom. The molecule has 7 heteroatoms. The monoisotopic (exact) mass is 312 g/mol. The minimum absolute atomic E-state index is 0.219. The van der Waals surface area contributed by atoms with Gasteiger partial charge in [-0.25, -0.2) is 4.57 Å². The molecular weight excluding hydrogens is 291 g/mol. The van der Waals surface area contributed by atoms with Crippen LogP contribution in [-0.4, -0.2) is 39.3 Å². The lowest BCUT2D eigenvalue weighted by molar-refractivity contribution is 0.284. The summed E-state index contributed by atoms with van der Waals surface area (Å²) in [5, 5.41) is 0.744. The first-order chi connectivity index (χ1) is 9.94. The number of aromatic nitrogens is 1. The number of rotatable bonds is 7. The fraction of sp³-hybridized carbons (Fsp3) is 0.429. The zero-order chi connectivity index (χ0) is 15.5. The summed E-state index contributed by atoms with van der Waals surface area (Å²) in [6.07, 6.45) is 2.67. The van der Waals surface area contributed by atoms with Crippen LogP contribution in [0.2, 0.25) is 0 Å². The summed E-state index contributed by atoms with van der Waals surface area (Å²) in [4.78, 5) is 23.5. The van der Waals surface area contributed by atoms with Crippen LogP contribution in [0.25, 0.3) is 10.9 Å². The lowest BCUT2D eigenvalue weighted by Gasteiger charge is -2.17. The van der Waals surface area contributed by atoms with Crippen LogP contribution in [0.15, 0.2) is 24.4 Å². The van der Waals surface area contributed by atoms with E-state index in [1.54, 1.807) is 12.1 Å². The van der Waals surface area contributed by atoms with Crippen molar-refractivity contribution in [1.29, 1.82) is 0 Å². The van der Waals surface area contributed by atoms with Gasteiger partial charge in [-0.1, -0.05) is 19.9 Å². The molecule has 0 aliphatic carbocycles. The Balaban J connectivity index is 2.30. The quantitative estimate of drug-likeness (QED) is 0.684. The van der Waals surface area contributed by atoms with Crippen molar-refractivity contribution in [3.63, 3.8) is 0 Å². The van der Waals surface area contributed by atoms with E-state index in [2.05, 4.69) is 23.7 Å². The van der Waals surface area contributed by atoms with Crippen LogP contribution < -0.4 is 4.52 Å². The highest BCUT2D eigenvalue weighted by Crippen LogP contribution is 2.41. The van der Waals surface area contributed by atoms with Crippen molar-refractivity contribution in [2.45, 2.75) is 20.3 Å². The number of likely N-dealkylation sites (N-methyl/N-ethyl adjacent to an activating group) is 1. The maximum atomic E-state index is 11.1. The molecule has 21 heavy (non-hydrogen) atoms. The highest BCUT2D eigenvalue weighted by molar-refractivity contribution is 7.46. The number of phosphoric ester groups is 1. The van der Waals surface area contributed by atoms with Crippen LogP contribution in [0.5, 0.6) is 5.75 Å². The first kappa shape index (κ1) is 16.0. The Kier molecular flexibility index (Phi) is 5.06. The van der Waals surface area contributed by atoms with Crippen molar-refractivity contribution in [3.05, 3.63) is 30.0 Å². The molecule has 3 N–H and O–H groups in total. The van der Waals surface area contributed by atoms with Crippen molar-refractivity contribution < 1.29 is 18.9 Å². The minimum atomic E-state index is -4.56. The average Bonchev–Trinajstić information content (AvgIpc) is 2.83. The van der Waals surface area contributed by atoms with Crippen LogP contribution in [0.4, 0.5) is 0 Å². The smallest absolute Gasteiger partial charge is 0.404 e. The van der Waals surface area contributed by atoms with Gasteiger partial charge in [-0.2, -0.15) is 0 Å². The third kappa shape index (κ3) is 4.08. The highest BCUT2D eigenvalue weighted by Gasteiger charge is 2.19. The Morgan fingerprint density at radius 2 is 2.00 bits per heavy atom. The van der Waals surface area contributed by atoms with Crippen molar-refractivity contribution in [2.75, 3.05) is 19.6 Å². The number of fused-ring (bicyclic) bond motifs is 1. The van der Waals surface area contributed by atoms with E-state index in [9.17, 15) is 4.57 Å². The molecule has 0 unspecified atom stereocenters. The molecule has 1 heterocycles. The summed E-state index contributed by atoms with van der Waals surface area (Å²) in [5.41, 5.74) is 1.82. The molecular formula is C14H21N2O4P. The normalized spacial score (nSPS) is 12.2. The summed E-state index contributed by atoms with van der Waals surface area (Å²) in [6.45, 7) is 7.07. The third-order valence-electron chi connectivity index (χ3n) is 3.56. The molecule has 0 radical (unpaired) electrons. The average molecular weight is 312 g/mol. The molecule has 1 aromatic carbocycles. The molecule has 0 fully saturated rings. The predicted molar refractivity (Wildman–Crippen MR) is 82.5 cm³/mol. The van der Waals surface area contributed by atoms with Crippen molar-refractivity contribution >= 4 is 18.7 Å². The zero-order valence-electron chi connectivity index (χ0n) is 12.2. The number of benzene rings is 1. The van der Waals surface area contributed by atoms with Crippen LogP contribution in [0.1, 0.15) is 19.4 Å². The third-order valence-corrected chi connectivity index (χ3v) is 3.99. The fourth-order valence-electron chi connectivity index (χ4n) is 2.44. The van der Waals surface area contributed by atoms with E-state index in [4.69, 9.17) is 14.3 Å². The standard InChI is InChI=1S/C14H21N2O4P/c1-3-16(4-2)9-8-11-10-15-12-6-5-7-13(14(11)12)20-21(17,18)19/h5-7,10,15H,3-4,8-9H2,1-2H3,(H2,17,18,19). The van der Waals surface area contributed by atoms with Gasteiger partial charge in [-0.05, 0) is 37.2 Å². The molecule has 0 aliphatic rings. The largest absolute Gasteiger partial charge is 0.524 e. The number of H-pyrrole nitrogens is 1. The second kappa shape index (κ2) is 6.62. The first-order valence-electron chi connectivity index (χ1n) is 7.01. The molecule has 0 saturated carbocycles. The number of nitrogens with zero attached hydrogens (tertiary/aromatic N) is 1. The Labute approximate surface area is 124 Å². The molecule has 0 aliphatic heterocycles. The SMILES string of the molecule is CCN(CC)CCc1c[nH]c2cccc(OP(=O)(O)O)c12. The van der Waals surface area contributed by atoms with Crippen molar-refractivity contribution in [3.8, 4) is 5.75 Å². The Bertz CT molecular complexity index is 645. The Morgan fingerprint density at radius 1 is 1.29 bits per heavy atom. The molecule has 0 saturated heterocycles. The van der Waals surface area contributed by atoms with E-state index in [0.29, 0.717) is 0 Å². The van der Waals surface area contributed by atoms with Crippen molar-refractivity contribution in [1.82, 2.24) is 9.88 Å². The van der Waals surface area contributed by atoms with Crippen molar-refractivity contribution in [2.24, 2.45) is 0 Å². The lowest BCUT2D eigenvalue weighted by Crippen LogP contribution is -2.25. The van der Waals surface area contributed by atoms with Gasteiger partial charge < -0.3 is 14.4 Å². The van der Waals surface area contributed by atoms with E-state index in [1.165, 1.54) is 0 Å². The molecule has 0 atom stereocenters. The predicted octanol–water partition coefficient (Wildman–Crippen LogP) is 2.52. The van der Waals surface area contributed by atoms with Crippen LogP contribution in [-0.2, 0) is 11.0 Å². The number of hydrogen-bond acceptors (Lipinski definition) is 3. The summed E-state index contributed by atoms with van der Waals surface area (Å²) in [6, 6.07) is 5.15. The van der Waals surface area contributed by atoms with Crippen LogP contribution in [0.3, 0.4) is 0 Å². The summed E-state index contributed by atoms with van der Waals surface area (Å²) in [5.74, 6) is 0.219. The molecule has 1 aromatic heterocycles. The second-order valence-electron chi connectivity index (χ2n) is 4.85. The minimum Gasteiger partial charge on any atom is -0.404 e. The summed E-state index contributed by atoms with van der Waals surface area (Å²) >= 11 is 0. The van der Waals surface area contributed by atoms with Crippen LogP contribution in [0, 0.1) is 0 Å². The van der Waals surface area contributed by atoms with Gasteiger partial charge in [0.1, 0.15) is 5.75 Å². The molecule has 2 rings (SSSR count). The summed E-state index contributed by atoms with van der Waals surface area (Å²) < 4.78 is 15.9. The van der Waals surface area contributed by atoms with Gasteiger partial charge in [0.15, 0.2) is 0 Å². The number of aromatic amines is 1. The zero-order valence-corrected chi connectivity index (χ0v) is 13.1. The number of hydrogen-bond donors (Lipinski definition) is 3. The van der Waals surface area contributed by atoms with Gasteiger partial charge in [-0.3, -0.25) is 9.79 Å². The van der Waals surface area contributed by atoms with Gasteiger partial charge in [0, 0.05) is 23.6 Å². The molecule has 0 amide bonds. The topological polar surface area (TPSA) is 85.8 Å². The Hall–Kier alpha value is -1.33. The van der Waals surface area contributed by atoms with E-state index < -0.39 is 7.82 Å². The first-order valence-corrected chi connectivity index (χ1v) is 8.54. The fourth-order valence-corrected chi connectivity index (χ4v) is 2.85. The van der Waals surface area contributed by atoms with E-state index in [1.807, 2.05) is 12.3 Å². The number of nitrogens with one attached hydrogen (secondary N) is 1. The molecule has 0 spiro atoms. The van der Waals surface area contributed by atoms with Crippen LogP contribution >= 0.6 is 7.82 Å². The number of phosphoric acid groups is 1. The molecule has 2 aromatic rings. The molecule has 6 nitrogen and oxygen atoms in total. The van der Waals surface area contributed by atoms with E-state index >= 15 is 0 Å². The van der Waals surface area contributed by atoms with Gasteiger partial charge in [0.05, 0.1) is 0 Å². The van der Waals surface area contributed by atoms with E-state index in [0.717, 1.165) is 42.5 Å². The van der Waals surface area contributed by atoms with Gasteiger partial charge in [0.2, 0.25) is 0 Å². The maximum absolute atomic E-state index is 11.1. The maximum Gasteiger partial charge on any atom is 0.524 e. The lowest BCUT2D eigenvalue weighted by atomic mass is 10.1. The molecule has 116 valence electrons. The van der Waals surface area contributed by atoms with Gasteiger partial charge >= 0.3 is 7.82 Å². The van der Waals surface area contributed by atoms with Gasteiger partial charge in [0.25, 0.3) is 0 Å². The molecule has 0 bridgehead atoms.